The molecular formula is C23H24F4N2O4. The minimum atomic E-state index is -4.80. The third-order valence-corrected chi connectivity index (χ3v) is 5.47. The number of halogens is 4. The molecule has 1 fully saturated rings. The molecule has 0 aliphatic carbocycles. The van der Waals surface area contributed by atoms with Crippen LogP contribution in [0.5, 0.6) is 11.5 Å². The molecule has 0 bridgehead atoms. The van der Waals surface area contributed by atoms with Gasteiger partial charge in [-0.25, -0.2) is 4.39 Å². The molecule has 0 radical (unpaired) electrons. The number of hydrogen-bond acceptors (Lipinski definition) is 4. The zero-order valence-electron chi connectivity index (χ0n) is 17.9. The topological polar surface area (TPSA) is 76.7 Å². The van der Waals surface area contributed by atoms with Crippen LogP contribution in [-0.4, -0.2) is 30.8 Å². The Labute approximate surface area is 188 Å². The number of carbonyl (C=O) groups excluding carboxylic acids is 2. The summed E-state index contributed by atoms with van der Waals surface area (Å²) in [4.78, 5) is 24.3. The predicted molar refractivity (Wildman–Crippen MR) is 111 cm³/mol. The first-order chi connectivity index (χ1) is 15.6. The highest BCUT2D eigenvalue weighted by atomic mass is 19.4. The van der Waals surface area contributed by atoms with Crippen LogP contribution in [0, 0.1) is 5.82 Å². The smallest absolute Gasteiger partial charge is 0.497 e. The van der Waals surface area contributed by atoms with E-state index in [1.165, 1.54) is 37.4 Å². The normalized spacial score (nSPS) is 18.0. The van der Waals surface area contributed by atoms with E-state index in [-0.39, 0.29) is 49.8 Å². The second-order valence-corrected chi connectivity index (χ2v) is 7.93. The van der Waals surface area contributed by atoms with E-state index in [4.69, 9.17) is 4.74 Å². The van der Waals surface area contributed by atoms with Crippen molar-refractivity contribution in [3.05, 3.63) is 59.4 Å². The van der Waals surface area contributed by atoms with E-state index in [9.17, 15) is 27.2 Å². The molecule has 2 N–H and O–H groups in total. The summed E-state index contributed by atoms with van der Waals surface area (Å²) in [6.45, 7) is 0.0117. The first kappa shape index (κ1) is 24.3. The Balaban J connectivity index is 1.60. The molecule has 10 heteroatoms. The summed E-state index contributed by atoms with van der Waals surface area (Å²) in [6, 6.07) is 9.68. The Bertz CT molecular complexity index is 1010. The molecule has 1 aliphatic heterocycles. The van der Waals surface area contributed by atoms with Crippen molar-refractivity contribution in [3.63, 3.8) is 0 Å². The SMILES string of the molecule is COc1ccc(F)c(CC2(CCC(=O)NCc3cccc(OC(F)(F)F)c3)CCC(=O)N2)c1. The molecule has 1 aliphatic rings. The van der Waals surface area contributed by atoms with Gasteiger partial charge in [0.15, 0.2) is 0 Å². The second kappa shape index (κ2) is 10.1. The third kappa shape index (κ3) is 7.10. The third-order valence-electron chi connectivity index (χ3n) is 5.47. The van der Waals surface area contributed by atoms with Crippen molar-refractivity contribution in [1.82, 2.24) is 10.6 Å². The highest BCUT2D eigenvalue weighted by Crippen LogP contribution is 2.31. The Morgan fingerprint density at radius 2 is 1.97 bits per heavy atom. The second-order valence-electron chi connectivity index (χ2n) is 7.93. The average molecular weight is 468 g/mol. The van der Waals surface area contributed by atoms with Crippen LogP contribution >= 0.6 is 0 Å². The molecule has 0 aromatic heterocycles. The first-order valence-electron chi connectivity index (χ1n) is 10.3. The van der Waals surface area contributed by atoms with Gasteiger partial charge in [0.1, 0.15) is 17.3 Å². The lowest BCUT2D eigenvalue weighted by Crippen LogP contribution is -2.44. The van der Waals surface area contributed by atoms with Crippen LogP contribution in [0.3, 0.4) is 0 Å². The summed E-state index contributed by atoms with van der Waals surface area (Å²) in [7, 11) is 1.47. The van der Waals surface area contributed by atoms with Crippen LogP contribution in [0.25, 0.3) is 0 Å². The fourth-order valence-corrected chi connectivity index (χ4v) is 3.85. The number of amides is 2. The first-order valence-corrected chi connectivity index (χ1v) is 10.3. The minimum absolute atomic E-state index is 0.0117. The molecule has 0 spiro atoms. The molecule has 0 saturated carbocycles. The van der Waals surface area contributed by atoms with Gasteiger partial charge in [-0.2, -0.15) is 0 Å². The van der Waals surface area contributed by atoms with E-state index < -0.39 is 17.7 Å². The summed E-state index contributed by atoms with van der Waals surface area (Å²) in [5.74, 6) is -0.826. The van der Waals surface area contributed by atoms with Crippen molar-refractivity contribution < 1.29 is 36.6 Å². The molecule has 1 atom stereocenters. The van der Waals surface area contributed by atoms with E-state index in [1.54, 1.807) is 12.1 Å². The summed E-state index contributed by atoms with van der Waals surface area (Å²) in [5, 5.41) is 5.54. The number of nitrogens with one attached hydrogen (secondary N) is 2. The van der Waals surface area contributed by atoms with Crippen molar-refractivity contribution >= 4 is 11.8 Å². The van der Waals surface area contributed by atoms with Crippen LogP contribution in [0.2, 0.25) is 0 Å². The van der Waals surface area contributed by atoms with Gasteiger partial charge in [-0.05, 0) is 60.7 Å². The summed E-state index contributed by atoms with van der Waals surface area (Å²) < 4.78 is 60.5. The zero-order chi connectivity index (χ0) is 24.1. The monoisotopic (exact) mass is 468 g/mol. The minimum Gasteiger partial charge on any atom is -0.497 e. The summed E-state index contributed by atoms with van der Waals surface area (Å²) in [5.41, 5.74) is 0.0353. The zero-order valence-corrected chi connectivity index (χ0v) is 17.9. The Kier molecular flexibility index (Phi) is 7.45. The molecule has 6 nitrogen and oxygen atoms in total. The molecule has 178 valence electrons. The van der Waals surface area contributed by atoms with Gasteiger partial charge in [0.2, 0.25) is 11.8 Å². The van der Waals surface area contributed by atoms with Crippen molar-refractivity contribution in [2.45, 2.75) is 50.6 Å². The Hall–Kier alpha value is -3.30. The summed E-state index contributed by atoms with van der Waals surface area (Å²) in [6.07, 6.45) is -3.55. The van der Waals surface area contributed by atoms with Crippen LogP contribution in [0.4, 0.5) is 17.6 Å². The standard InChI is InChI=1S/C23H24F4N2O4/c1-32-17-5-6-19(24)16(12-17)13-22(10-8-21(31)29-22)9-7-20(30)28-14-15-3-2-4-18(11-15)33-23(25,26)27/h2-6,11-12H,7-10,13-14H2,1H3,(H,28,30)(H,29,31). The molecular weight excluding hydrogens is 444 g/mol. The number of hydrogen-bond donors (Lipinski definition) is 2. The van der Waals surface area contributed by atoms with Gasteiger partial charge in [0.25, 0.3) is 0 Å². The van der Waals surface area contributed by atoms with Crippen molar-refractivity contribution in [2.75, 3.05) is 7.11 Å². The largest absolute Gasteiger partial charge is 0.573 e. The van der Waals surface area contributed by atoms with Gasteiger partial charge >= 0.3 is 6.36 Å². The van der Waals surface area contributed by atoms with Crippen LogP contribution < -0.4 is 20.1 Å². The number of methoxy groups -OCH3 is 1. The van der Waals surface area contributed by atoms with Crippen molar-refractivity contribution in [3.8, 4) is 11.5 Å². The fourth-order valence-electron chi connectivity index (χ4n) is 3.85. The molecule has 1 saturated heterocycles. The number of benzene rings is 2. The highest BCUT2D eigenvalue weighted by Gasteiger charge is 2.38. The molecule has 2 amide bonds. The molecule has 3 rings (SSSR count). The summed E-state index contributed by atoms with van der Waals surface area (Å²) >= 11 is 0. The lowest BCUT2D eigenvalue weighted by Gasteiger charge is -2.29. The van der Waals surface area contributed by atoms with Crippen LogP contribution in [-0.2, 0) is 22.6 Å². The van der Waals surface area contributed by atoms with E-state index in [0.29, 0.717) is 23.3 Å². The van der Waals surface area contributed by atoms with Gasteiger partial charge < -0.3 is 20.1 Å². The lowest BCUT2D eigenvalue weighted by molar-refractivity contribution is -0.274. The fraction of sp³-hybridized carbons (Fsp3) is 0.391. The van der Waals surface area contributed by atoms with Crippen LogP contribution in [0.1, 0.15) is 36.8 Å². The maximum atomic E-state index is 14.3. The van der Waals surface area contributed by atoms with Gasteiger partial charge in [-0.1, -0.05) is 12.1 Å². The van der Waals surface area contributed by atoms with Gasteiger partial charge in [-0.15, -0.1) is 13.2 Å². The quantitative estimate of drug-likeness (QED) is 0.545. The molecule has 1 heterocycles. The number of alkyl halides is 3. The number of rotatable bonds is 9. The van der Waals surface area contributed by atoms with E-state index in [2.05, 4.69) is 15.4 Å². The molecule has 2 aromatic rings. The predicted octanol–water partition coefficient (Wildman–Crippen LogP) is 4.02. The Morgan fingerprint density at radius 3 is 2.64 bits per heavy atom. The van der Waals surface area contributed by atoms with Crippen LogP contribution in [0.15, 0.2) is 42.5 Å². The maximum absolute atomic E-state index is 14.3. The van der Waals surface area contributed by atoms with Gasteiger partial charge in [-0.3, -0.25) is 9.59 Å². The van der Waals surface area contributed by atoms with Crippen molar-refractivity contribution in [2.24, 2.45) is 0 Å². The van der Waals surface area contributed by atoms with Gasteiger partial charge in [0.05, 0.1) is 7.11 Å². The van der Waals surface area contributed by atoms with E-state index in [1.807, 2.05) is 0 Å². The number of ether oxygens (including phenoxy) is 2. The number of carbonyl (C=O) groups is 2. The Morgan fingerprint density at radius 1 is 1.18 bits per heavy atom. The van der Waals surface area contributed by atoms with E-state index in [0.717, 1.165) is 0 Å². The average Bonchev–Trinajstić information content (AvgIpc) is 3.12. The molecule has 33 heavy (non-hydrogen) atoms. The van der Waals surface area contributed by atoms with Gasteiger partial charge in [0, 0.05) is 24.9 Å². The highest BCUT2D eigenvalue weighted by molar-refractivity contribution is 5.80. The molecule has 2 aromatic carbocycles. The lowest BCUT2D eigenvalue weighted by atomic mass is 9.84. The van der Waals surface area contributed by atoms with Crippen molar-refractivity contribution in [1.29, 1.82) is 0 Å². The van der Waals surface area contributed by atoms with E-state index >= 15 is 0 Å². The maximum Gasteiger partial charge on any atom is 0.573 e. The molecule has 1 unspecified atom stereocenters.